The van der Waals surface area contributed by atoms with Gasteiger partial charge in [-0.3, -0.25) is 10.1 Å². The summed E-state index contributed by atoms with van der Waals surface area (Å²) in [5, 5.41) is 8.27. The van der Waals surface area contributed by atoms with Gasteiger partial charge in [0.2, 0.25) is 0 Å². The molecule has 0 radical (unpaired) electrons. The Morgan fingerprint density at radius 1 is 1.17 bits per heavy atom. The van der Waals surface area contributed by atoms with Gasteiger partial charge < -0.3 is 10.3 Å². The van der Waals surface area contributed by atoms with Crippen molar-refractivity contribution in [3.8, 4) is 0 Å². The van der Waals surface area contributed by atoms with E-state index in [1.165, 1.54) is 0 Å². The third kappa shape index (κ3) is 1.75. The molecule has 3 heterocycles. The number of fused-ring (bicyclic) bond motifs is 6. The van der Waals surface area contributed by atoms with Gasteiger partial charge in [-0.05, 0) is 48.4 Å². The number of amides is 1. The Morgan fingerprint density at radius 2 is 2.04 bits per heavy atom. The summed E-state index contributed by atoms with van der Waals surface area (Å²) in [6.45, 7) is 0.728. The average Bonchev–Trinajstić information content (AvgIpc) is 3.06. The topological polar surface area (TPSA) is 56.9 Å². The zero-order chi connectivity index (χ0) is 16.5. The molecule has 2 aliphatic heterocycles. The van der Waals surface area contributed by atoms with Gasteiger partial charge in [0.05, 0.1) is 5.69 Å². The molecule has 0 aliphatic carbocycles. The number of aromatic nitrogens is 1. The van der Waals surface area contributed by atoms with Crippen LogP contribution < -0.4 is 10.6 Å². The standard InChI is InChI=1S/C18H13BrClN3O/c19-9-1-3-15-13(7-9)18(17(24)23-15)16-11(5-6-21-18)12-8-10(20)2-4-14(12)22-16/h1-4,7-8,21-22H,5-6H2,(H,23,24)/t18-/m1/s1. The summed E-state index contributed by atoms with van der Waals surface area (Å²) < 4.78 is 0.949. The van der Waals surface area contributed by atoms with Crippen LogP contribution in [-0.4, -0.2) is 17.4 Å². The minimum absolute atomic E-state index is 0.0470. The molecular weight excluding hydrogens is 390 g/mol. The molecule has 4 nitrogen and oxygen atoms in total. The quantitative estimate of drug-likeness (QED) is 0.534. The van der Waals surface area contributed by atoms with Crippen molar-refractivity contribution in [1.82, 2.24) is 10.3 Å². The summed E-state index contributed by atoms with van der Waals surface area (Å²) in [7, 11) is 0. The summed E-state index contributed by atoms with van der Waals surface area (Å²) >= 11 is 9.71. The normalized spacial score (nSPS) is 21.8. The number of rotatable bonds is 0. The Kier molecular flexibility index (Phi) is 2.93. The summed E-state index contributed by atoms with van der Waals surface area (Å²) in [5.41, 5.74) is 4.00. The van der Waals surface area contributed by atoms with Crippen molar-refractivity contribution in [2.24, 2.45) is 0 Å². The first kappa shape index (κ1) is 14.5. The van der Waals surface area contributed by atoms with Crippen molar-refractivity contribution in [2.75, 3.05) is 11.9 Å². The van der Waals surface area contributed by atoms with Crippen LogP contribution in [-0.2, 0) is 16.8 Å². The number of nitrogens with one attached hydrogen (secondary N) is 3. The lowest BCUT2D eigenvalue weighted by molar-refractivity contribution is -0.120. The number of H-pyrrole nitrogens is 1. The number of carbonyl (C=O) groups is 1. The maximum atomic E-state index is 13.0. The maximum absolute atomic E-state index is 13.0. The highest BCUT2D eigenvalue weighted by Crippen LogP contribution is 2.46. The molecule has 1 spiro atoms. The Labute approximate surface area is 151 Å². The summed E-state index contributed by atoms with van der Waals surface area (Å²) in [4.78, 5) is 16.5. The molecule has 1 aromatic heterocycles. The maximum Gasteiger partial charge on any atom is 0.255 e. The van der Waals surface area contributed by atoms with E-state index in [0.29, 0.717) is 5.02 Å². The van der Waals surface area contributed by atoms with E-state index in [4.69, 9.17) is 11.6 Å². The van der Waals surface area contributed by atoms with Gasteiger partial charge in [0, 0.05) is 38.2 Å². The molecule has 0 fully saturated rings. The van der Waals surface area contributed by atoms with Gasteiger partial charge in [0.1, 0.15) is 0 Å². The van der Waals surface area contributed by atoms with E-state index in [-0.39, 0.29) is 5.91 Å². The van der Waals surface area contributed by atoms with Gasteiger partial charge in [-0.25, -0.2) is 0 Å². The van der Waals surface area contributed by atoms with Crippen molar-refractivity contribution in [2.45, 2.75) is 12.0 Å². The molecule has 0 saturated heterocycles. The fourth-order valence-corrected chi connectivity index (χ4v) is 4.49. The van der Waals surface area contributed by atoms with Crippen molar-refractivity contribution >= 4 is 50.0 Å². The van der Waals surface area contributed by atoms with E-state index >= 15 is 0 Å². The van der Waals surface area contributed by atoms with Gasteiger partial charge in [0.15, 0.2) is 5.54 Å². The zero-order valence-corrected chi connectivity index (χ0v) is 14.9. The Bertz CT molecular complexity index is 1030. The molecule has 0 saturated carbocycles. The molecule has 2 aliphatic rings. The predicted molar refractivity (Wildman–Crippen MR) is 98.6 cm³/mol. The van der Waals surface area contributed by atoms with Crippen LogP contribution in [0.2, 0.25) is 5.02 Å². The number of carbonyl (C=O) groups excluding carboxylic acids is 1. The Morgan fingerprint density at radius 3 is 2.92 bits per heavy atom. The van der Waals surface area contributed by atoms with Gasteiger partial charge >= 0.3 is 0 Å². The van der Waals surface area contributed by atoms with Crippen LogP contribution in [0.25, 0.3) is 10.9 Å². The third-order valence-corrected chi connectivity index (χ3v) is 5.71. The third-order valence-electron chi connectivity index (χ3n) is 4.98. The van der Waals surface area contributed by atoms with Crippen LogP contribution >= 0.6 is 27.5 Å². The van der Waals surface area contributed by atoms with Gasteiger partial charge in [-0.1, -0.05) is 27.5 Å². The number of hydrogen-bond donors (Lipinski definition) is 3. The molecule has 120 valence electrons. The zero-order valence-electron chi connectivity index (χ0n) is 12.5. The molecular formula is C18H13BrClN3O. The second-order valence-corrected chi connectivity index (χ2v) is 7.59. The fraction of sp³-hybridized carbons (Fsp3) is 0.167. The molecule has 2 aromatic carbocycles. The molecule has 1 amide bonds. The molecule has 0 unspecified atom stereocenters. The molecule has 24 heavy (non-hydrogen) atoms. The molecule has 6 heteroatoms. The van der Waals surface area contributed by atoms with E-state index in [0.717, 1.165) is 50.8 Å². The van der Waals surface area contributed by atoms with Crippen molar-refractivity contribution in [1.29, 1.82) is 0 Å². The Hall–Kier alpha value is -1.82. The second-order valence-electron chi connectivity index (χ2n) is 6.24. The first-order valence-electron chi connectivity index (χ1n) is 7.77. The molecule has 1 atom stereocenters. The number of hydrogen-bond acceptors (Lipinski definition) is 2. The molecule has 0 bridgehead atoms. The minimum Gasteiger partial charge on any atom is -0.356 e. The molecule has 5 rings (SSSR count). The van der Waals surface area contributed by atoms with Gasteiger partial charge in [-0.2, -0.15) is 0 Å². The first-order chi connectivity index (χ1) is 11.6. The lowest BCUT2D eigenvalue weighted by Gasteiger charge is -2.33. The number of aromatic amines is 1. The minimum atomic E-state index is -0.877. The smallest absolute Gasteiger partial charge is 0.255 e. The van der Waals surface area contributed by atoms with Crippen LogP contribution in [0.5, 0.6) is 0 Å². The first-order valence-corrected chi connectivity index (χ1v) is 8.94. The van der Waals surface area contributed by atoms with E-state index in [9.17, 15) is 4.79 Å². The van der Waals surface area contributed by atoms with Gasteiger partial charge in [0.25, 0.3) is 5.91 Å². The highest BCUT2D eigenvalue weighted by atomic mass is 79.9. The van der Waals surface area contributed by atoms with E-state index in [1.54, 1.807) is 0 Å². The average molecular weight is 403 g/mol. The lowest BCUT2D eigenvalue weighted by Crippen LogP contribution is -2.53. The Balaban J connectivity index is 1.86. The number of anilines is 1. The summed E-state index contributed by atoms with van der Waals surface area (Å²) in [6.07, 6.45) is 0.855. The fourth-order valence-electron chi connectivity index (χ4n) is 3.96. The van der Waals surface area contributed by atoms with E-state index in [1.807, 2.05) is 36.4 Å². The van der Waals surface area contributed by atoms with Crippen molar-refractivity contribution in [3.63, 3.8) is 0 Å². The summed E-state index contributed by atoms with van der Waals surface area (Å²) in [6, 6.07) is 11.7. The molecule has 3 aromatic rings. The second kappa shape index (κ2) is 4.85. The predicted octanol–water partition coefficient (Wildman–Crippen LogP) is 3.93. The van der Waals surface area contributed by atoms with Crippen LogP contribution in [0, 0.1) is 0 Å². The number of halogens is 2. The van der Waals surface area contributed by atoms with E-state index < -0.39 is 5.54 Å². The largest absolute Gasteiger partial charge is 0.356 e. The van der Waals surface area contributed by atoms with E-state index in [2.05, 4.69) is 31.5 Å². The van der Waals surface area contributed by atoms with Crippen LogP contribution in [0.15, 0.2) is 40.9 Å². The highest BCUT2D eigenvalue weighted by molar-refractivity contribution is 9.10. The van der Waals surface area contributed by atoms with Crippen LogP contribution in [0.4, 0.5) is 5.69 Å². The SMILES string of the molecule is O=C1Nc2ccc(Br)cc2[C@]12NCCc1c2[nH]c2ccc(Cl)cc12. The van der Waals surface area contributed by atoms with Crippen molar-refractivity contribution in [3.05, 3.63) is 62.7 Å². The lowest BCUT2D eigenvalue weighted by atomic mass is 9.82. The van der Waals surface area contributed by atoms with Crippen LogP contribution in [0.3, 0.4) is 0 Å². The van der Waals surface area contributed by atoms with Gasteiger partial charge in [-0.15, -0.1) is 0 Å². The monoisotopic (exact) mass is 401 g/mol. The van der Waals surface area contributed by atoms with Crippen molar-refractivity contribution < 1.29 is 4.79 Å². The molecule has 3 N–H and O–H groups in total. The number of benzene rings is 2. The highest BCUT2D eigenvalue weighted by Gasteiger charge is 2.52. The summed E-state index contributed by atoms with van der Waals surface area (Å²) in [5.74, 6) is -0.0470. The van der Waals surface area contributed by atoms with Crippen LogP contribution in [0.1, 0.15) is 16.8 Å².